The highest BCUT2D eigenvalue weighted by Crippen LogP contribution is 2.32. The molecule has 1 aliphatic rings. The van der Waals surface area contributed by atoms with Gasteiger partial charge in [-0.05, 0) is 43.8 Å². The lowest BCUT2D eigenvalue weighted by Crippen LogP contribution is -2.29. The second-order valence-electron chi connectivity index (χ2n) is 7.26. The van der Waals surface area contributed by atoms with Crippen molar-refractivity contribution in [1.29, 1.82) is 0 Å². The maximum Gasteiger partial charge on any atom is 0.267 e. The molecule has 6 nitrogen and oxygen atoms in total. The van der Waals surface area contributed by atoms with Gasteiger partial charge in [0.2, 0.25) is 0 Å². The number of halogens is 1. The number of aryl methyl sites for hydroxylation is 1. The van der Waals surface area contributed by atoms with E-state index in [0.717, 1.165) is 53.3 Å². The Labute approximate surface area is 181 Å². The Morgan fingerprint density at radius 1 is 1.27 bits per heavy atom. The Morgan fingerprint density at radius 3 is 2.83 bits per heavy atom. The molecule has 1 aromatic carbocycles. The molecule has 0 spiro atoms. The number of likely N-dealkylation sites (N-methyl/N-ethyl adjacent to an activating group) is 1. The van der Waals surface area contributed by atoms with E-state index in [9.17, 15) is 9.18 Å². The first kappa shape index (κ1) is 19.3. The second kappa shape index (κ2) is 7.57. The van der Waals surface area contributed by atoms with Gasteiger partial charge < -0.3 is 0 Å². The lowest BCUT2D eigenvalue weighted by Gasteiger charge is -2.23. The van der Waals surface area contributed by atoms with Gasteiger partial charge in [-0.1, -0.05) is 6.92 Å². The largest absolute Gasteiger partial charge is 0.298 e. The van der Waals surface area contributed by atoms with Crippen molar-refractivity contribution >= 4 is 43.9 Å². The first-order valence-electron chi connectivity index (χ1n) is 9.79. The standard InChI is InChI=1S/C21H20FN5OS2/c1-3-26-9-8-16-18(11-26)30-21(23-16)24-19(28)17-10-15-12(2)25-27(20(15)29-17)14-6-4-13(22)5-7-14/h4-7,10H,3,8-9,11H2,1-2H3,(H,23,24,28). The van der Waals surface area contributed by atoms with Crippen LogP contribution in [0, 0.1) is 12.7 Å². The lowest BCUT2D eigenvalue weighted by atomic mass is 10.2. The van der Waals surface area contributed by atoms with Crippen molar-refractivity contribution in [3.05, 3.63) is 57.3 Å². The molecular formula is C21H20FN5OS2. The van der Waals surface area contributed by atoms with E-state index >= 15 is 0 Å². The van der Waals surface area contributed by atoms with Crippen LogP contribution in [0.4, 0.5) is 9.52 Å². The molecule has 4 aromatic rings. The van der Waals surface area contributed by atoms with Gasteiger partial charge >= 0.3 is 0 Å². The maximum absolute atomic E-state index is 13.3. The highest BCUT2D eigenvalue weighted by atomic mass is 32.1. The van der Waals surface area contributed by atoms with Gasteiger partial charge in [0.1, 0.15) is 10.6 Å². The van der Waals surface area contributed by atoms with E-state index < -0.39 is 0 Å². The molecule has 154 valence electrons. The van der Waals surface area contributed by atoms with E-state index in [2.05, 4.69) is 27.2 Å². The molecule has 1 aliphatic heterocycles. The van der Waals surface area contributed by atoms with E-state index in [4.69, 9.17) is 0 Å². The van der Waals surface area contributed by atoms with Crippen LogP contribution in [0.25, 0.3) is 15.9 Å². The number of anilines is 1. The highest BCUT2D eigenvalue weighted by Gasteiger charge is 2.22. The molecule has 5 rings (SSSR count). The number of rotatable bonds is 4. The Bertz CT molecular complexity index is 1240. The summed E-state index contributed by atoms with van der Waals surface area (Å²) >= 11 is 2.93. The van der Waals surface area contributed by atoms with Crippen LogP contribution < -0.4 is 5.32 Å². The third kappa shape index (κ3) is 3.42. The van der Waals surface area contributed by atoms with E-state index in [1.54, 1.807) is 28.2 Å². The van der Waals surface area contributed by atoms with Crippen molar-refractivity contribution in [2.75, 3.05) is 18.4 Å². The zero-order valence-electron chi connectivity index (χ0n) is 16.6. The Balaban J connectivity index is 1.41. The number of hydrogen-bond donors (Lipinski definition) is 1. The summed E-state index contributed by atoms with van der Waals surface area (Å²) in [7, 11) is 0. The minimum atomic E-state index is -0.293. The number of carbonyl (C=O) groups is 1. The number of aromatic nitrogens is 3. The molecule has 3 aromatic heterocycles. The van der Waals surface area contributed by atoms with Gasteiger partial charge in [-0.25, -0.2) is 14.1 Å². The molecule has 0 atom stereocenters. The average Bonchev–Trinajstić information content (AvgIpc) is 3.42. The van der Waals surface area contributed by atoms with Crippen molar-refractivity contribution < 1.29 is 9.18 Å². The number of thiophene rings is 1. The summed E-state index contributed by atoms with van der Waals surface area (Å²) in [4.78, 5) is 22.6. The zero-order valence-corrected chi connectivity index (χ0v) is 18.2. The topological polar surface area (TPSA) is 63.1 Å². The van der Waals surface area contributed by atoms with Crippen molar-refractivity contribution in [3.63, 3.8) is 0 Å². The van der Waals surface area contributed by atoms with Crippen molar-refractivity contribution in [1.82, 2.24) is 19.7 Å². The van der Waals surface area contributed by atoms with Crippen LogP contribution in [0.2, 0.25) is 0 Å². The monoisotopic (exact) mass is 441 g/mol. The number of thiazole rings is 1. The molecule has 9 heteroatoms. The molecule has 30 heavy (non-hydrogen) atoms. The third-order valence-corrected chi connectivity index (χ3v) is 7.42. The minimum absolute atomic E-state index is 0.167. The summed E-state index contributed by atoms with van der Waals surface area (Å²) in [5.41, 5.74) is 2.68. The number of amides is 1. The molecule has 0 fully saturated rings. The van der Waals surface area contributed by atoms with E-state index in [1.807, 2.05) is 13.0 Å². The summed E-state index contributed by atoms with van der Waals surface area (Å²) in [6, 6.07) is 8.04. The van der Waals surface area contributed by atoms with Gasteiger partial charge in [0.25, 0.3) is 5.91 Å². The predicted molar refractivity (Wildman–Crippen MR) is 118 cm³/mol. The van der Waals surface area contributed by atoms with E-state index in [1.165, 1.54) is 28.3 Å². The zero-order chi connectivity index (χ0) is 20.8. The number of nitrogens with one attached hydrogen (secondary N) is 1. The Morgan fingerprint density at radius 2 is 2.07 bits per heavy atom. The Hall–Kier alpha value is -2.62. The number of benzene rings is 1. The van der Waals surface area contributed by atoms with Gasteiger partial charge in [0, 0.05) is 29.8 Å². The molecule has 0 unspecified atom stereocenters. The summed E-state index contributed by atoms with van der Waals surface area (Å²) < 4.78 is 15.0. The van der Waals surface area contributed by atoms with Crippen LogP contribution in [0.15, 0.2) is 30.3 Å². The van der Waals surface area contributed by atoms with Gasteiger partial charge in [-0.15, -0.1) is 22.7 Å². The Kier molecular flexibility index (Phi) is 4.88. The summed E-state index contributed by atoms with van der Waals surface area (Å²) in [6.07, 6.45) is 0.922. The number of hydrogen-bond acceptors (Lipinski definition) is 6. The third-order valence-electron chi connectivity index (χ3n) is 5.32. The first-order chi connectivity index (χ1) is 14.5. The quantitative estimate of drug-likeness (QED) is 0.502. The molecule has 4 heterocycles. The molecule has 1 N–H and O–H groups in total. The fraction of sp³-hybridized carbons (Fsp3) is 0.286. The normalized spacial score (nSPS) is 14.2. The van der Waals surface area contributed by atoms with Gasteiger partial charge in [-0.2, -0.15) is 5.10 Å². The van der Waals surface area contributed by atoms with E-state index in [-0.39, 0.29) is 11.7 Å². The van der Waals surface area contributed by atoms with Crippen LogP contribution in [-0.2, 0) is 13.0 Å². The highest BCUT2D eigenvalue weighted by molar-refractivity contribution is 7.20. The van der Waals surface area contributed by atoms with Gasteiger partial charge in [-0.3, -0.25) is 15.0 Å². The fourth-order valence-electron chi connectivity index (χ4n) is 3.65. The first-order valence-corrected chi connectivity index (χ1v) is 11.4. The van der Waals surface area contributed by atoms with Crippen molar-refractivity contribution in [2.24, 2.45) is 0 Å². The van der Waals surface area contributed by atoms with Crippen LogP contribution in [-0.4, -0.2) is 38.7 Å². The maximum atomic E-state index is 13.3. The van der Waals surface area contributed by atoms with Crippen LogP contribution in [0.3, 0.4) is 0 Å². The SMILES string of the molecule is CCN1CCc2nc(NC(=O)c3cc4c(C)nn(-c5ccc(F)cc5)c4s3)sc2C1. The molecule has 0 saturated heterocycles. The van der Waals surface area contributed by atoms with Crippen LogP contribution >= 0.6 is 22.7 Å². The summed E-state index contributed by atoms with van der Waals surface area (Å²) in [5, 5.41) is 9.09. The summed E-state index contributed by atoms with van der Waals surface area (Å²) in [6.45, 7) is 6.99. The second-order valence-corrected chi connectivity index (χ2v) is 9.38. The van der Waals surface area contributed by atoms with E-state index in [0.29, 0.717) is 10.0 Å². The molecular weight excluding hydrogens is 421 g/mol. The van der Waals surface area contributed by atoms with Gasteiger partial charge in [0.05, 0.1) is 22.0 Å². The molecule has 1 amide bonds. The summed E-state index contributed by atoms with van der Waals surface area (Å²) in [5.74, 6) is -0.460. The lowest BCUT2D eigenvalue weighted by molar-refractivity contribution is 0.103. The molecule has 0 saturated carbocycles. The predicted octanol–water partition coefficient (Wildman–Crippen LogP) is 4.62. The fourth-order valence-corrected chi connectivity index (χ4v) is 5.77. The smallest absolute Gasteiger partial charge is 0.267 e. The molecule has 0 bridgehead atoms. The number of nitrogens with zero attached hydrogens (tertiary/aromatic N) is 4. The molecule has 0 radical (unpaired) electrons. The minimum Gasteiger partial charge on any atom is -0.298 e. The van der Waals surface area contributed by atoms with Crippen molar-refractivity contribution in [3.8, 4) is 5.69 Å². The number of carbonyl (C=O) groups excluding carboxylic acids is 1. The molecule has 0 aliphatic carbocycles. The number of fused-ring (bicyclic) bond motifs is 2. The average molecular weight is 442 g/mol. The van der Waals surface area contributed by atoms with Crippen LogP contribution in [0.5, 0.6) is 0 Å². The van der Waals surface area contributed by atoms with Crippen LogP contribution in [0.1, 0.15) is 32.9 Å². The van der Waals surface area contributed by atoms with Gasteiger partial charge in [0.15, 0.2) is 5.13 Å². The van der Waals surface area contributed by atoms with Crippen molar-refractivity contribution in [2.45, 2.75) is 26.8 Å².